The topological polar surface area (TPSA) is 29.9 Å². The van der Waals surface area contributed by atoms with Crippen LogP contribution in [-0.2, 0) is 13.0 Å². The highest BCUT2D eigenvalue weighted by molar-refractivity contribution is 5.15. The van der Waals surface area contributed by atoms with Gasteiger partial charge in [0.05, 0.1) is 11.4 Å². The van der Waals surface area contributed by atoms with Crippen molar-refractivity contribution in [1.29, 1.82) is 0 Å². The summed E-state index contributed by atoms with van der Waals surface area (Å²) in [6.07, 6.45) is 3.16. The Labute approximate surface area is 111 Å². The number of nitrogens with zero attached hydrogens (tertiary/aromatic N) is 2. The molecule has 0 spiro atoms. The van der Waals surface area contributed by atoms with E-state index >= 15 is 0 Å². The van der Waals surface area contributed by atoms with Crippen LogP contribution in [0.4, 0.5) is 0 Å². The highest BCUT2D eigenvalue weighted by Gasteiger charge is 2.16. The maximum atomic E-state index is 4.63. The van der Waals surface area contributed by atoms with Gasteiger partial charge in [-0.25, -0.2) is 0 Å². The summed E-state index contributed by atoms with van der Waals surface area (Å²) in [4.78, 5) is 0. The average Bonchev–Trinajstić information content (AvgIpc) is 2.77. The molecule has 1 aromatic rings. The Kier molecular flexibility index (Phi) is 6.13. The monoisotopic (exact) mass is 249 g/mol. The largest absolute Gasteiger partial charge is 0.309 e. The highest BCUT2D eigenvalue weighted by Crippen LogP contribution is 2.21. The van der Waals surface area contributed by atoms with Gasteiger partial charge in [0.25, 0.3) is 0 Å². The normalized spacial score (nSPS) is 12.7. The van der Waals surface area contributed by atoms with Crippen molar-refractivity contribution in [1.82, 2.24) is 15.1 Å². The maximum absolute atomic E-state index is 4.63. The Bertz CT molecular complexity index is 379. The van der Waals surface area contributed by atoms with E-state index in [0.29, 0.717) is 6.04 Å². The summed E-state index contributed by atoms with van der Waals surface area (Å²) in [5.41, 5.74) is 3.75. The lowest BCUT2D eigenvalue weighted by Crippen LogP contribution is -2.23. The first-order valence-electron chi connectivity index (χ1n) is 7.06. The first kappa shape index (κ1) is 15.0. The molecule has 1 heterocycles. The molecular formula is C15H27N3. The van der Waals surface area contributed by atoms with Crippen molar-refractivity contribution in [3.05, 3.63) is 29.6 Å². The molecule has 0 aliphatic rings. The van der Waals surface area contributed by atoms with Gasteiger partial charge in [0.15, 0.2) is 0 Å². The third-order valence-corrected chi connectivity index (χ3v) is 3.19. The van der Waals surface area contributed by atoms with Crippen LogP contribution in [0.3, 0.4) is 0 Å². The van der Waals surface area contributed by atoms with Gasteiger partial charge in [-0.05, 0) is 45.7 Å². The van der Waals surface area contributed by atoms with Gasteiger partial charge < -0.3 is 5.32 Å². The zero-order valence-electron chi connectivity index (χ0n) is 12.3. The van der Waals surface area contributed by atoms with Gasteiger partial charge in [-0.1, -0.05) is 19.4 Å². The molecule has 0 aliphatic carbocycles. The number of allylic oxidation sites excluding steroid dienone is 1. The molecule has 0 amide bonds. The summed E-state index contributed by atoms with van der Waals surface area (Å²) in [7, 11) is 0. The summed E-state index contributed by atoms with van der Waals surface area (Å²) in [6, 6.07) is 2.63. The molecular weight excluding hydrogens is 222 g/mol. The van der Waals surface area contributed by atoms with Gasteiger partial charge in [-0.3, -0.25) is 4.68 Å². The average molecular weight is 249 g/mol. The molecule has 1 unspecified atom stereocenters. The third kappa shape index (κ3) is 3.98. The lowest BCUT2D eigenvalue weighted by atomic mass is 10.0. The Hall–Kier alpha value is -1.09. The smallest absolute Gasteiger partial charge is 0.0625 e. The fraction of sp³-hybridized carbons (Fsp3) is 0.667. The molecule has 0 radical (unpaired) electrons. The molecule has 18 heavy (non-hydrogen) atoms. The lowest BCUT2D eigenvalue weighted by Gasteiger charge is -2.19. The molecule has 0 saturated heterocycles. The van der Waals surface area contributed by atoms with Gasteiger partial charge in [-0.15, -0.1) is 6.58 Å². The number of rotatable bonds is 8. The SMILES string of the molecule is C=C(C)CCC(NCC)c1cc(CC)nn1CC. The van der Waals surface area contributed by atoms with Crippen molar-refractivity contribution in [3.63, 3.8) is 0 Å². The number of nitrogens with one attached hydrogen (secondary N) is 1. The summed E-state index contributed by atoms with van der Waals surface area (Å²) >= 11 is 0. The minimum Gasteiger partial charge on any atom is -0.309 e. The van der Waals surface area contributed by atoms with E-state index < -0.39 is 0 Å². The Morgan fingerprint density at radius 2 is 2.17 bits per heavy atom. The second-order valence-electron chi connectivity index (χ2n) is 4.84. The molecule has 1 N–H and O–H groups in total. The maximum Gasteiger partial charge on any atom is 0.0625 e. The first-order chi connectivity index (χ1) is 8.62. The highest BCUT2D eigenvalue weighted by atomic mass is 15.3. The van der Waals surface area contributed by atoms with E-state index in [-0.39, 0.29) is 0 Å². The molecule has 0 saturated carbocycles. The van der Waals surface area contributed by atoms with Crippen molar-refractivity contribution in [2.24, 2.45) is 0 Å². The molecule has 0 fully saturated rings. The fourth-order valence-corrected chi connectivity index (χ4v) is 2.19. The van der Waals surface area contributed by atoms with E-state index in [1.807, 2.05) is 0 Å². The summed E-state index contributed by atoms with van der Waals surface area (Å²) in [5.74, 6) is 0. The molecule has 3 heteroatoms. The van der Waals surface area contributed by atoms with E-state index in [4.69, 9.17) is 0 Å². The number of aryl methyl sites for hydroxylation is 2. The lowest BCUT2D eigenvalue weighted by molar-refractivity contribution is 0.466. The van der Waals surface area contributed by atoms with Crippen molar-refractivity contribution < 1.29 is 0 Å². The first-order valence-corrected chi connectivity index (χ1v) is 7.06. The molecule has 0 aromatic carbocycles. The molecule has 3 nitrogen and oxygen atoms in total. The quantitative estimate of drug-likeness (QED) is 0.715. The minimum atomic E-state index is 0.388. The van der Waals surface area contributed by atoms with Crippen LogP contribution in [0.25, 0.3) is 0 Å². The second-order valence-corrected chi connectivity index (χ2v) is 4.84. The van der Waals surface area contributed by atoms with E-state index in [1.165, 1.54) is 17.0 Å². The summed E-state index contributed by atoms with van der Waals surface area (Å²) < 4.78 is 2.13. The molecule has 0 bridgehead atoms. The number of aromatic nitrogens is 2. The molecule has 1 atom stereocenters. The van der Waals surface area contributed by atoms with Crippen molar-refractivity contribution in [2.75, 3.05) is 6.54 Å². The molecule has 0 aliphatic heterocycles. The van der Waals surface area contributed by atoms with Crippen molar-refractivity contribution >= 4 is 0 Å². The zero-order valence-corrected chi connectivity index (χ0v) is 12.3. The Morgan fingerprint density at radius 1 is 1.44 bits per heavy atom. The van der Waals surface area contributed by atoms with E-state index in [2.05, 4.69) is 55.4 Å². The van der Waals surface area contributed by atoms with Gasteiger partial charge >= 0.3 is 0 Å². The number of hydrogen-bond donors (Lipinski definition) is 1. The van der Waals surface area contributed by atoms with Crippen LogP contribution in [-0.4, -0.2) is 16.3 Å². The van der Waals surface area contributed by atoms with Crippen LogP contribution in [0.15, 0.2) is 18.2 Å². The van der Waals surface area contributed by atoms with Crippen LogP contribution < -0.4 is 5.32 Å². The van der Waals surface area contributed by atoms with Gasteiger partial charge in [0.2, 0.25) is 0 Å². The predicted octanol–water partition coefficient (Wildman–Crippen LogP) is 3.47. The van der Waals surface area contributed by atoms with Crippen LogP contribution in [0, 0.1) is 0 Å². The standard InChI is InChI=1S/C15H27N3/c1-6-13-11-15(18(8-3)17-13)14(16-7-2)10-9-12(4)5/h11,14,16H,4,6-10H2,1-3,5H3. The summed E-state index contributed by atoms with van der Waals surface area (Å²) in [5, 5.41) is 8.20. The van der Waals surface area contributed by atoms with Gasteiger partial charge in [-0.2, -0.15) is 5.10 Å². The van der Waals surface area contributed by atoms with Crippen molar-refractivity contribution in [3.8, 4) is 0 Å². The molecule has 102 valence electrons. The van der Waals surface area contributed by atoms with E-state index in [1.54, 1.807) is 0 Å². The predicted molar refractivity (Wildman–Crippen MR) is 77.7 cm³/mol. The minimum absolute atomic E-state index is 0.388. The number of hydrogen-bond acceptors (Lipinski definition) is 2. The zero-order chi connectivity index (χ0) is 13.5. The fourth-order valence-electron chi connectivity index (χ4n) is 2.19. The van der Waals surface area contributed by atoms with E-state index in [0.717, 1.165) is 32.4 Å². The van der Waals surface area contributed by atoms with E-state index in [9.17, 15) is 0 Å². The Balaban J connectivity index is 2.88. The molecule has 1 rings (SSSR count). The van der Waals surface area contributed by atoms with Gasteiger partial charge in [0, 0.05) is 12.6 Å². The summed E-state index contributed by atoms with van der Waals surface area (Å²) in [6.45, 7) is 14.5. The Morgan fingerprint density at radius 3 is 2.67 bits per heavy atom. The van der Waals surface area contributed by atoms with Crippen LogP contribution in [0.5, 0.6) is 0 Å². The molecule has 1 aromatic heterocycles. The third-order valence-electron chi connectivity index (χ3n) is 3.19. The van der Waals surface area contributed by atoms with Crippen LogP contribution in [0.2, 0.25) is 0 Å². The van der Waals surface area contributed by atoms with Crippen molar-refractivity contribution in [2.45, 2.75) is 59.5 Å². The second kappa shape index (κ2) is 7.37. The van der Waals surface area contributed by atoms with Crippen LogP contribution in [0.1, 0.15) is 58.0 Å². The van der Waals surface area contributed by atoms with Gasteiger partial charge in [0.1, 0.15) is 0 Å². The van der Waals surface area contributed by atoms with Crippen LogP contribution >= 0.6 is 0 Å².